The van der Waals surface area contributed by atoms with Crippen LogP contribution in [-0.4, -0.2) is 28.3 Å². The SMILES string of the molecule is Cc1cccc(NC(=O)CCNC(=O)c2c[nH]c3cc(F)ccc23)n1. The van der Waals surface area contributed by atoms with Gasteiger partial charge in [0.15, 0.2) is 0 Å². The lowest BCUT2D eigenvalue weighted by molar-refractivity contribution is -0.116. The maximum Gasteiger partial charge on any atom is 0.253 e. The van der Waals surface area contributed by atoms with Crippen LogP contribution in [0.5, 0.6) is 0 Å². The average molecular weight is 340 g/mol. The van der Waals surface area contributed by atoms with Gasteiger partial charge in [-0.15, -0.1) is 0 Å². The zero-order valence-corrected chi connectivity index (χ0v) is 13.6. The molecule has 0 saturated carbocycles. The summed E-state index contributed by atoms with van der Waals surface area (Å²) in [4.78, 5) is 31.2. The Labute approximate surface area is 143 Å². The Bertz CT molecular complexity index is 936. The Balaban J connectivity index is 1.54. The molecule has 2 amide bonds. The highest BCUT2D eigenvalue weighted by Crippen LogP contribution is 2.19. The maximum atomic E-state index is 13.2. The molecule has 0 unspecified atom stereocenters. The minimum Gasteiger partial charge on any atom is -0.360 e. The van der Waals surface area contributed by atoms with Crippen molar-refractivity contribution >= 4 is 28.5 Å². The molecule has 0 aliphatic carbocycles. The lowest BCUT2D eigenvalue weighted by Crippen LogP contribution is -2.27. The fourth-order valence-corrected chi connectivity index (χ4v) is 2.49. The standard InChI is InChI=1S/C18H17FN4O2/c1-11-3-2-4-16(22-11)23-17(24)7-8-20-18(25)14-10-21-15-9-12(19)5-6-13(14)15/h2-6,9-10,21H,7-8H2,1H3,(H,20,25)(H,22,23,24). The van der Waals surface area contributed by atoms with Crippen LogP contribution in [0, 0.1) is 12.7 Å². The van der Waals surface area contributed by atoms with Crippen molar-refractivity contribution in [3.8, 4) is 0 Å². The first-order valence-corrected chi connectivity index (χ1v) is 7.81. The van der Waals surface area contributed by atoms with E-state index >= 15 is 0 Å². The topological polar surface area (TPSA) is 86.9 Å². The van der Waals surface area contributed by atoms with E-state index in [1.807, 2.05) is 13.0 Å². The molecule has 7 heteroatoms. The number of H-pyrrole nitrogens is 1. The summed E-state index contributed by atoms with van der Waals surface area (Å²) in [6, 6.07) is 9.52. The van der Waals surface area contributed by atoms with E-state index in [1.165, 1.54) is 18.3 Å². The number of benzene rings is 1. The molecular formula is C18H17FN4O2. The fraction of sp³-hybridized carbons (Fsp3) is 0.167. The minimum absolute atomic E-state index is 0.123. The predicted molar refractivity (Wildman–Crippen MR) is 92.8 cm³/mol. The highest BCUT2D eigenvalue weighted by Gasteiger charge is 2.12. The van der Waals surface area contributed by atoms with Crippen molar-refractivity contribution in [2.45, 2.75) is 13.3 Å². The molecule has 0 aliphatic heterocycles. The van der Waals surface area contributed by atoms with Crippen LogP contribution in [0.4, 0.5) is 10.2 Å². The number of anilines is 1. The molecule has 0 atom stereocenters. The number of pyridine rings is 1. The summed E-state index contributed by atoms with van der Waals surface area (Å²) < 4.78 is 13.2. The van der Waals surface area contributed by atoms with Crippen LogP contribution >= 0.6 is 0 Å². The lowest BCUT2D eigenvalue weighted by Gasteiger charge is -2.06. The third-order valence-electron chi connectivity index (χ3n) is 3.68. The normalized spacial score (nSPS) is 10.6. The Kier molecular flexibility index (Phi) is 4.74. The number of aryl methyl sites for hydroxylation is 1. The first-order valence-electron chi connectivity index (χ1n) is 7.81. The molecule has 3 rings (SSSR count). The van der Waals surface area contributed by atoms with E-state index in [2.05, 4.69) is 20.6 Å². The smallest absolute Gasteiger partial charge is 0.253 e. The molecule has 0 fully saturated rings. The highest BCUT2D eigenvalue weighted by molar-refractivity contribution is 6.06. The summed E-state index contributed by atoms with van der Waals surface area (Å²) in [6.07, 6.45) is 1.65. The number of hydrogen-bond acceptors (Lipinski definition) is 3. The van der Waals surface area contributed by atoms with E-state index in [-0.39, 0.29) is 30.6 Å². The maximum absolute atomic E-state index is 13.2. The first kappa shape index (κ1) is 16.6. The van der Waals surface area contributed by atoms with Gasteiger partial charge in [-0.3, -0.25) is 9.59 Å². The van der Waals surface area contributed by atoms with E-state index in [9.17, 15) is 14.0 Å². The second-order valence-electron chi connectivity index (χ2n) is 5.61. The number of hydrogen-bond donors (Lipinski definition) is 3. The van der Waals surface area contributed by atoms with Gasteiger partial charge >= 0.3 is 0 Å². The van der Waals surface area contributed by atoms with Crippen molar-refractivity contribution in [3.05, 3.63) is 59.7 Å². The molecule has 6 nitrogen and oxygen atoms in total. The molecule has 128 valence electrons. The number of nitrogens with one attached hydrogen (secondary N) is 3. The second-order valence-corrected chi connectivity index (χ2v) is 5.61. The summed E-state index contributed by atoms with van der Waals surface area (Å²) in [6.45, 7) is 2.02. The van der Waals surface area contributed by atoms with Crippen molar-refractivity contribution in [2.24, 2.45) is 0 Å². The Hall–Kier alpha value is -3.22. The van der Waals surface area contributed by atoms with Gasteiger partial charge in [-0.2, -0.15) is 0 Å². The summed E-state index contributed by atoms with van der Waals surface area (Å²) in [5.74, 6) is -0.448. The van der Waals surface area contributed by atoms with E-state index in [0.29, 0.717) is 22.3 Å². The quantitative estimate of drug-likeness (QED) is 0.667. The number of aromatic amines is 1. The molecular weight excluding hydrogens is 323 g/mol. The third-order valence-corrected chi connectivity index (χ3v) is 3.68. The molecule has 0 saturated heterocycles. The Morgan fingerprint density at radius 2 is 2.08 bits per heavy atom. The van der Waals surface area contributed by atoms with Crippen LogP contribution in [0.3, 0.4) is 0 Å². The lowest BCUT2D eigenvalue weighted by atomic mass is 10.1. The molecule has 0 radical (unpaired) electrons. The number of aromatic nitrogens is 2. The zero-order chi connectivity index (χ0) is 17.8. The van der Waals surface area contributed by atoms with Gasteiger partial charge in [0.05, 0.1) is 5.56 Å². The summed E-state index contributed by atoms with van der Waals surface area (Å²) >= 11 is 0. The molecule has 0 bridgehead atoms. The van der Waals surface area contributed by atoms with Gasteiger partial charge in [0.25, 0.3) is 5.91 Å². The fourth-order valence-electron chi connectivity index (χ4n) is 2.49. The van der Waals surface area contributed by atoms with E-state index in [4.69, 9.17) is 0 Å². The number of rotatable bonds is 5. The van der Waals surface area contributed by atoms with Crippen LogP contribution in [-0.2, 0) is 4.79 Å². The molecule has 1 aromatic carbocycles. The molecule has 25 heavy (non-hydrogen) atoms. The monoisotopic (exact) mass is 340 g/mol. The largest absolute Gasteiger partial charge is 0.360 e. The van der Waals surface area contributed by atoms with E-state index in [1.54, 1.807) is 18.2 Å². The van der Waals surface area contributed by atoms with Gasteiger partial charge < -0.3 is 15.6 Å². The van der Waals surface area contributed by atoms with Crippen molar-refractivity contribution in [3.63, 3.8) is 0 Å². The summed E-state index contributed by atoms with van der Waals surface area (Å²) in [5.41, 5.74) is 1.77. The van der Waals surface area contributed by atoms with Gasteiger partial charge in [0.2, 0.25) is 5.91 Å². The van der Waals surface area contributed by atoms with Gasteiger partial charge in [-0.05, 0) is 37.3 Å². The molecule has 2 heterocycles. The minimum atomic E-state index is -0.372. The Morgan fingerprint density at radius 3 is 2.88 bits per heavy atom. The van der Waals surface area contributed by atoms with E-state index < -0.39 is 0 Å². The predicted octanol–water partition coefficient (Wildman–Crippen LogP) is 2.77. The Morgan fingerprint density at radius 1 is 1.24 bits per heavy atom. The highest BCUT2D eigenvalue weighted by atomic mass is 19.1. The van der Waals surface area contributed by atoms with Gasteiger partial charge in [0.1, 0.15) is 11.6 Å². The zero-order valence-electron chi connectivity index (χ0n) is 13.6. The van der Waals surface area contributed by atoms with Crippen molar-refractivity contribution < 1.29 is 14.0 Å². The summed E-state index contributed by atoms with van der Waals surface area (Å²) in [7, 11) is 0. The number of carbonyl (C=O) groups is 2. The van der Waals surface area contributed by atoms with Crippen LogP contribution in [0.15, 0.2) is 42.6 Å². The molecule has 3 aromatic rings. The number of nitrogens with zero attached hydrogens (tertiary/aromatic N) is 1. The molecule has 3 N–H and O–H groups in total. The van der Waals surface area contributed by atoms with Crippen LogP contribution in [0.2, 0.25) is 0 Å². The number of carbonyl (C=O) groups excluding carboxylic acids is 2. The van der Waals surface area contributed by atoms with Gasteiger partial charge in [-0.1, -0.05) is 6.07 Å². The molecule has 0 spiro atoms. The van der Waals surface area contributed by atoms with Crippen LogP contribution in [0.1, 0.15) is 22.5 Å². The van der Waals surface area contributed by atoms with Crippen molar-refractivity contribution in [1.29, 1.82) is 0 Å². The summed E-state index contributed by atoms with van der Waals surface area (Å²) in [5, 5.41) is 6.00. The molecule has 2 aromatic heterocycles. The number of halogens is 1. The van der Waals surface area contributed by atoms with Gasteiger partial charge in [-0.25, -0.2) is 9.37 Å². The number of amides is 2. The molecule has 0 aliphatic rings. The van der Waals surface area contributed by atoms with Crippen molar-refractivity contribution in [2.75, 3.05) is 11.9 Å². The third kappa shape index (κ3) is 4.00. The number of fused-ring (bicyclic) bond motifs is 1. The van der Waals surface area contributed by atoms with Crippen molar-refractivity contribution in [1.82, 2.24) is 15.3 Å². The van der Waals surface area contributed by atoms with Crippen LogP contribution in [0.25, 0.3) is 10.9 Å². The average Bonchev–Trinajstić information content (AvgIpc) is 2.97. The second kappa shape index (κ2) is 7.12. The van der Waals surface area contributed by atoms with E-state index in [0.717, 1.165) is 5.69 Å². The van der Waals surface area contributed by atoms with Crippen LogP contribution < -0.4 is 10.6 Å². The van der Waals surface area contributed by atoms with Gasteiger partial charge in [0, 0.05) is 35.8 Å². The first-order chi connectivity index (χ1) is 12.0.